The highest BCUT2D eigenvalue weighted by atomic mass is 35.5. The van der Waals surface area contributed by atoms with E-state index in [0.717, 1.165) is 22.1 Å². The Balaban J connectivity index is 1.45. The predicted octanol–water partition coefficient (Wildman–Crippen LogP) is 2.81. The molecule has 1 fully saturated rings. The Morgan fingerprint density at radius 3 is 2.60 bits per heavy atom. The van der Waals surface area contributed by atoms with Gasteiger partial charge in [-0.15, -0.1) is 0 Å². The number of benzene rings is 1. The zero-order valence-electron chi connectivity index (χ0n) is 22.9. The number of rotatable bonds is 9. The lowest BCUT2D eigenvalue weighted by Crippen LogP contribution is -2.65. The number of hydrogen-bond acceptors (Lipinski definition) is 10. The van der Waals surface area contributed by atoms with Gasteiger partial charge < -0.3 is 20.2 Å². The third-order valence-corrected chi connectivity index (χ3v) is 8.86. The van der Waals surface area contributed by atoms with Gasteiger partial charge in [-0.25, -0.2) is 23.4 Å². The summed E-state index contributed by atoms with van der Waals surface area (Å²) >= 11 is 6.29. The lowest BCUT2D eigenvalue weighted by atomic mass is 9.95. The highest BCUT2D eigenvalue weighted by Gasteiger charge is 2.41. The first kappa shape index (κ1) is 28.0. The van der Waals surface area contributed by atoms with Gasteiger partial charge in [0.25, 0.3) is 0 Å². The molecular weight excluding hydrogens is 554 g/mol. The molecule has 0 radical (unpaired) electrons. The molecule has 0 spiro atoms. The van der Waals surface area contributed by atoms with E-state index in [9.17, 15) is 13.5 Å². The summed E-state index contributed by atoms with van der Waals surface area (Å²) in [5.41, 5.74) is 2.59. The van der Waals surface area contributed by atoms with Gasteiger partial charge in [-0.3, -0.25) is 4.68 Å². The molecule has 4 heterocycles. The zero-order chi connectivity index (χ0) is 28.8. The first-order valence-corrected chi connectivity index (χ1v) is 14.9. The molecule has 1 aliphatic heterocycles. The number of fused-ring (bicyclic) bond motifs is 1. The van der Waals surface area contributed by atoms with Crippen molar-refractivity contribution in [3.63, 3.8) is 0 Å². The van der Waals surface area contributed by atoms with Gasteiger partial charge in [0, 0.05) is 74.5 Å². The smallest absolute Gasteiger partial charge is 0.211 e. The predicted molar refractivity (Wildman–Crippen MR) is 158 cm³/mol. The van der Waals surface area contributed by atoms with Gasteiger partial charge in [0.2, 0.25) is 10.0 Å². The minimum Gasteiger partial charge on any atom is -0.394 e. The Morgan fingerprint density at radius 1 is 1.15 bits per heavy atom. The third kappa shape index (κ3) is 5.29. The van der Waals surface area contributed by atoms with Crippen molar-refractivity contribution in [3.8, 4) is 11.4 Å². The average Bonchev–Trinajstić information content (AvgIpc) is 3.27. The van der Waals surface area contributed by atoms with Crippen molar-refractivity contribution in [1.29, 1.82) is 0 Å². The molecule has 40 heavy (non-hydrogen) atoms. The lowest BCUT2D eigenvalue weighted by molar-refractivity contribution is 0.251. The van der Waals surface area contributed by atoms with E-state index in [4.69, 9.17) is 11.6 Å². The maximum Gasteiger partial charge on any atom is 0.211 e. The van der Waals surface area contributed by atoms with Crippen molar-refractivity contribution in [1.82, 2.24) is 29.0 Å². The van der Waals surface area contributed by atoms with E-state index < -0.39 is 10.0 Å². The highest BCUT2D eigenvalue weighted by molar-refractivity contribution is 7.88. The van der Waals surface area contributed by atoms with Crippen LogP contribution in [0.25, 0.3) is 22.2 Å². The van der Waals surface area contributed by atoms with E-state index in [0.29, 0.717) is 36.1 Å². The van der Waals surface area contributed by atoms with Crippen LogP contribution < -0.4 is 15.1 Å². The fourth-order valence-corrected chi connectivity index (χ4v) is 5.91. The number of nitrogens with one attached hydrogen (secondary N) is 1. The molecule has 4 aromatic rings. The van der Waals surface area contributed by atoms with Crippen molar-refractivity contribution in [2.45, 2.75) is 25.6 Å². The molecule has 1 aromatic carbocycles. The van der Waals surface area contributed by atoms with Crippen molar-refractivity contribution in [2.75, 3.05) is 55.7 Å². The second kappa shape index (κ2) is 10.8. The molecular formula is C26H32ClN9O3S. The molecule has 212 valence electrons. The van der Waals surface area contributed by atoms with Crippen LogP contribution in [0.2, 0.25) is 5.15 Å². The number of pyridine rings is 1. The molecule has 5 rings (SSSR count). The monoisotopic (exact) mass is 585 g/mol. The van der Waals surface area contributed by atoms with Crippen LogP contribution in [0.15, 0.2) is 42.9 Å². The Bertz CT molecular complexity index is 1660. The van der Waals surface area contributed by atoms with Crippen LogP contribution >= 0.6 is 11.6 Å². The summed E-state index contributed by atoms with van der Waals surface area (Å²) in [6, 6.07) is 7.77. The number of aromatic nitrogens is 5. The van der Waals surface area contributed by atoms with Crippen LogP contribution in [0.1, 0.15) is 6.92 Å². The second-order valence-corrected chi connectivity index (χ2v) is 12.5. The maximum absolute atomic E-state index is 12.1. The summed E-state index contributed by atoms with van der Waals surface area (Å²) in [5.74, 6) is 1.54. The van der Waals surface area contributed by atoms with Crippen LogP contribution in [-0.4, -0.2) is 95.2 Å². The molecule has 1 saturated heterocycles. The first-order chi connectivity index (χ1) is 19.0. The van der Waals surface area contributed by atoms with Gasteiger partial charge >= 0.3 is 0 Å². The summed E-state index contributed by atoms with van der Waals surface area (Å²) in [5, 5.41) is 18.9. The lowest BCUT2D eigenvalue weighted by Gasteiger charge is -2.51. The summed E-state index contributed by atoms with van der Waals surface area (Å²) in [7, 11) is 2.34. The van der Waals surface area contributed by atoms with Crippen molar-refractivity contribution in [3.05, 3.63) is 48.0 Å². The minimum absolute atomic E-state index is 0.0129. The fourth-order valence-electron chi connectivity index (χ4n) is 4.94. The number of hydrogen-bond donors (Lipinski definition) is 2. The Morgan fingerprint density at radius 2 is 1.93 bits per heavy atom. The number of aliphatic hydroxyl groups is 1. The molecule has 2 atom stereocenters. The van der Waals surface area contributed by atoms with E-state index in [1.54, 1.807) is 30.2 Å². The summed E-state index contributed by atoms with van der Waals surface area (Å²) < 4.78 is 27.1. The molecule has 0 aliphatic carbocycles. The topological polar surface area (TPSA) is 133 Å². The molecule has 0 saturated carbocycles. The number of anilines is 4. The quantitative estimate of drug-likeness (QED) is 0.302. The number of halogens is 1. The molecule has 14 heteroatoms. The van der Waals surface area contributed by atoms with Gasteiger partial charge in [-0.2, -0.15) is 9.40 Å². The fraction of sp³-hybridized carbons (Fsp3) is 0.385. The number of aliphatic hydroxyl groups excluding tert-OH is 1. The first-order valence-electron chi connectivity index (χ1n) is 12.7. The third-order valence-electron chi connectivity index (χ3n) is 7.27. The second-order valence-electron chi connectivity index (χ2n) is 10.1. The molecule has 3 aromatic heterocycles. The Hall–Kier alpha value is -3.52. The largest absolute Gasteiger partial charge is 0.394 e. The molecule has 1 aliphatic rings. The molecule has 0 bridgehead atoms. The van der Waals surface area contributed by atoms with E-state index in [1.165, 1.54) is 10.6 Å². The van der Waals surface area contributed by atoms with E-state index >= 15 is 0 Å². The SMILES string of the molecule is C[C@@H]1[C@@H](N(C)S(C)(=O)=O)CN1c1ccc(N(C)C)c2cc(Nc3ccnc(-c4cn(CCO)nc4Cl)n3)ncc12. The molecule has 0 amide bonds. The number of sulfonamides is 1. The van der Waals surface area contributed by atoms with Crippen LogP contribution in [0.3, 0.4) is 0 Å². The molecule has 2 N–H and O–H groups in total. The zero-order valence-corrected chi connectivity index (χ0v) is 24.5. The van der Waals surface area contributed by atoms with E-state index in [2.05, 4.69) is 42.4 Å². The van der Waals surface area contributed by atoms with Crippen molar-refractivity contribution >= 4 is 55.4 Å². The van der Waals surface area contributed by atoms with Crippen molar-refractivity contribution in [2.24, 2.45) is 0 Å². The number of likely N-dealkylation sites (N-methyl/N-ethyl adjacent to an activating group) is 1. The summed E-state index contributed by atoms with van der Waals surface area (Å²) in [6.45, 7) is 2.90. The van der Waals surface area contributed by atoms with E-state index in [-0.39, 0.29) is 23.8 Å². The summed E-state index contributed by atoms with van der Waals surface area (Å²) in [6.07, 6.45) is 6.40. The van der Waals surface area contributed by atoms with Crippen LogP contribution in [0.5, 0.6) is 0 Å². The molecule has 0 unspecified atom stereocenters. The van der Waals surface area contributed by atoms with Crippen molar-refractivity contribution < 1.29 is 13.5 Å². The average molecular weight is 586 g/mol. The van der Waals surface area contributed by atoms with Gasteiger partial charge in [-0.05, 0) is 31.2 Å². The van der Waals surface area contributed by atoms with E-state index in [1.807, 2.05) is 38.2 Å². The summed E-state index contributed by atoms with van der Waals surface area (Å²) in [4.78, 5) is 17.9. The van der Waals surface area contributed by atoms with Crippen LogP contribution in [0.4, 0.5) is 23.0 Å². The minimum atomic E-state index is -3.28. The Kier molecular flexibility index (Phi) is 7.57. The van der Waals surface area contributed by atoms with Crippen LogP contribution in [0, 0.1) is 0 Å². The van der Waals surface area contributed by atoms with Gasteiger partial charge in [-0.1, -0.05) is 11.6 Å². The molecule has 12 nitrogen and oxygen atoms in total. The highest BCUT2D eigenvalue weighted by Crippen LogP contribution is 2.39. The number of nitrogens with zero attached hydrogens (tertiary/aromatic N) is 8. The maximum atomic E-state index is 12.1. The standard InChI is InChI=1S/C26H32ClN9O3S/c1-16-22(34(4)40(5,38)39)15-36(16)21-7-6-20(33(2)3)17-12-24(29-13-18(17)21)30-23-8-9-28-26(31-23)19-14-35(10-11-37)32-25(19)27/h6-9,12-14,16,22,37H,10-11,15H2,1-5H3,(H,28,29,30,31)/t16-,22+/m1/s1. The van der Waals surface area contributed by atoms with Gasteiger partial charge in [0.15, 0.2) is 11.0 Å². The van der Waals surface area contributed by atoms with Crippen LogP contribution in [-0.2, 0) is 16.6 Å². The van der Waals surface area contributed by atoms with Gasteiger partial charge in [0.05, 0.1) is 31.0 Å². The van der Waals surface area contributed by atoms with Gasteiger partial charge in [0.1, 0.15) is 11.6 Å². The normalized spacial score (nSPS) is 17.4. The Labute approximate surface area is 238 Å².